The Balaban J connectivity index is 2.50. The molecule has 0 fully saturated rings. The molecule has 84 valence electrons. The molecule has 16 heavy (non-hydrogen) atoms. The number of rotatable bonds is 2. The molecule has 1 N–H and O–H groups in total. The van der Waals surface area contributed by atoms with Crippen molar-refractivity contribution in [2.24, 2.45) is 5.92 Å². The largest absolute Gasteiger partial charge is 0.325 e. The molecule has 1 amide bonds. The zero-order valence-electron chi connectivity index (χ0n) is 9.06. The van der Waals surface area contributed by atoms with Crippen LogP contribution in [0.2, 0.25) is 0 Å². The maximum Gasteiger partial charge on any atom is 0.269 e. The monoisotopic (exact) mass is 220 g/mol. The van der Waals surface area contributed by atoms with Crippen molar-refractivity contribution in [3.8, 4) is 0 Å². The van der Waals surface area contributed by atoms with Gasteiger partial charge in [-0.1, -0.05) is 13.8 Å². The third kappa shape index (κ3) is 1.54. The summed E-state index contributed by atoms with van der Waals surface area (Å²) >= 11 is 0. The molecular formula is C11H12N2O3. The summed E-state index contributed by atoms with van der Waals surface area (Å²) in [6.07, 6.45) is 0. The van der Waals surface area contributed by atoms with Crippen molar-refractivity contribution in [2.75, 3.05) is 5.32 Å². The molecule has 5 heteroatoms. The quantitative estimate of drug-likeness (QED) is 0.613. The van der Waals surface area contributed by atoms with Crippen molar-refractivity contribution < 1.29 is 9.72 Å². The molecule has 1 heterocycles. The first kappa shape index (κ1) is 10.6. The Labute approximate surface area is 92.6 Å². The van der Waals surface area contributed by atoms with Crippen LogP contribution < -0.4 is 5.32 Å². The lowest BCUT2D eigenvalue weighted by Crippen LogP contribution is -2.16. The van der Waals surface area contributed by atoms with Crippen LogP contribution >= 0.6 is 0 Å². The first-order chi connectivity index (χ1) is 7.50. The Hall–Kier alpha value is -1.91. The molecule has 5 nitrogen and oxygen atoms in total. The fourth-order valence-corrected chi connectivity index (χ4v) is 2.05. The number of hydrogen-bond donors (Lipinski definition) is 1. The predicted molar refractivity (Wildman–Crippen MR) is 59.3 cm³/mol. The molecular weight excluding hydrogens is 208 g/mol. The zero-order valence-corrected chi connectivity index (χ0v) is 9.06. The lowest BCUT2D eigenvalue weighted by Gasteiger charge is -2.11. The molecule has 1 aromatic carbocycles. The van der Waals surface area contributed by atoms with Crippen LogP contribution in [0.1, 0.15) is 25.3 Å². The molecule has 0 spiro atoms. The molecule has 1 atom stereocenters. The van der Waals surface area contributed by atoms with E-state index >= 15 is 0 Å². The van der Waals surface area contributed by atoms with E-state index in [1.54, 1.807) is 6.07 Å². The minimum atomic E-state index is -0.444. The summed E-state index contributed by atoms with van der Waals surface area (Å²) in [5.41, 5.74) is 1.45. The van der Waals surface area contributed by atoms with Crippen molar-refractivity contribution in [1.82, 2.24) is 0 Å². The van der Waals surface area contributed by atoms with E-state index in [2.05, 4.69) is 5.32 Å². The lowest BCUT2D eigenvalue weighted by atomic mass is 9.89. The summed E-state index contributed by atoms with van der Waals surface area (Å²) in [6.45, 7) is 3.86. The second-order valence-corrected chi connectivity index (χ2v) is 4.24. The first-order valence-electron chi connectivity index (χ1n) is 5.10. The standard InChI is InChI=1S/C11H12N2O3/c1-6(2)10-8-5-7(13(15)16)3-4-9(8)12-11(10)14/h3-6,10H,1-2H3,(H,12,14). The van der Waals surface area contributed by atoms with E-state index in [0.717, 1.165) is 5.56 Å². The number of nitro benzene ring substituents is 1. The Morgan fingerprint density at radius 1 is 1.44 bits per heavy atom. The lowest BCUT2D eigenvalue weighted by molar-refractivity contribution is -0.384. The number of carbonyl (C=O) groups excluding carboxylic acids is 1. The highest BCUT2D eigenvalue weighted by molar-refractivity contribution is 6.03. The maximum absolute atomic E-state index is 11.7. The number of carbonyl (C=O) groups is 1. The second-order valence-electron chi connectivity index (χ2n) is 4.24. The number of nitrogens with zero attached hydrogens (tertiary/aromatic N) is 1. The Kier molecular flexibility index (Phi) is 2.38. The van der Waals surface area contributed by atoms with Crippen LogP contribution in [0.5, 0.6) is 0 Å². The Morgan fingerprint density at radius 3 is 2.69 bits per heavy atom. The van der Waals surface area contributed by atoms with Crippen molar-refractivity contribution in [2.45, 2.75) is 19.8 Å². The molecule has 0 saturated heterocycles. The maximum atomic E-state index is 11.7. The van der Waals surface area contributed by atoms with E-state index in [-0.39, 0.29) is 23.4 Å². The fourth-order valence-electron chi connectivity index (χ4n) is 2.05. The highest BCUT2D eigenvalue weighted by atomic mass is 16.6. The average molecular weight is 220 g/mol. The summed E-state index contributed by atoms with van der Waals surface area (Å²) in [4.78, 5) is 21.9. The van der Waals surface area contributed by atoms with Crippen LogP contribution in [0.3, 0.4) is 0 Å². The topological polar surface area (TPSA) is 72.2 Å². The van der Waals surface area contributed by atoms with E-state index in [1.807, 2.05) is 13.8 Å². The highest BCUT2D eigenvalue weighted by Crippen LogP contribution is 2.38. The minimum absolute atomic E-state index is 0.0286. The number of benzene rings is 1. The van der Waals surface area contributed by atoms with Gasteiger partial charge < -0.3 is 5.32 Å². The van der Waals surface area contributed by atoms with Crippen LogP contribution in [-0.2, 0) is 4.79 Å². The molecule has 0 saturated carbocycles. The van der Waals surface area contributed by atoms with Gasteiger partial charge in [-0.25, -0.2) is 0 Å². The summed E-state index contributed by atoms with van der Waals surface area (Å²) in [7, 11) is 0. The van der Waals surface area contributed by atoms with Gasteiger partial charge in [0.15, 0.2) is 0 Å². The number of nitro groups is 1. The number of hydrogen-bond acceptors (Lipinski definition) is 3. The zero-order chi connectivity index (χ0) is 11.9. The van der Waals surface area contributed by atoms with Gasteiger partial charge >= 0.3 is 0 Å². The molecule has 0 aromatic heterocycles. The smallest absolute Gasteiger partial charge is 0.269 e. The van der Waals surface area contributed by atoms with Gasteiger partial charge in [0.1, 0.15) is 0 Å². The van der Waals surface area contributed by atoms with Crippen LogP contribution in [0.15, 0.2) is 18.2 Å². The third-order valence-corrected chi connectivity index (χ3v) is 2.79. The normalized spacial score (nSPS) is 18.4. The van der Waals surface area contributed by atoms with Gasteiger partial charge in [-0.05, 0) is 17.5 Å². The van der Waals surface area contributed by atoms with Crippen molar-refractivity contribution in [1.29, 1.82) is 0 Å². The van der Waals surface area contributed by atoms with Gasteiger partial charge in [-0.2, -0.15) is 0 Å². The van der Waals surface area contributed by atoms with Crippen molar-refractivity contribution in [3.05, 3.63) is 33.9 Å². The molecule has 1 unspecified atom stereocenters. The van der Waals surface area contributed by atoms with E-state index < -0.39 is 4.92 Å². The summed E-state index contributed by atoms with van der Waals surface area (Å²) in [6, 6.07) is 4.48. The van der Waals surface area contributed by atoms with Gasteiger partial charge in [0.2, 0.25) is 5.91 Å². The van der Waals surface area contributed by atoms with Gasteiger partial charge in [0, 0.05) is 17.8 Å². The molecule has 1 aliphatic rings. The Morgan fingerprint density at radius 2 is 2.12 bits per heavy atom. The summed E-state index contributed by atoms with van der Waals surface area (Å²) in [5.74, 6) is -0.233. The number of nitrogens with one attached hydrogen (secondary N) is 1. The average Bonchev–Trinajstić information content (AvgIpc) is 2.51. The summed E-state index contributed by atoms with van der Waals surface area (Å²) in [5, 5.41) is 13.4. The van der Waals surface area contributed by atoms with E-state index in [0.29, 0.717) is 5.69 Å². The fraction of sp³-hybridized carbons (Fsp3) is 0.364. The minimum Gasteiger partial charge on any atom is -0.325 e. The van der Waals surface area contributed by atoms with E-state index in [9.17, 15) is 14.9 Å². The van der Waals surface area contributed by atoms with Crippen molar-refractivity contribution in [3.63, 3.8) is 0 Å². The Bertz CT molecular complexity index is 468. The van der Waals surface area contributed by atoms with Crippen molar-refractivity contribution >= 4 is 17.3 Å². The second kappa shape index (κ2) is 3.59. The number of non-ortho nitro benzene ring substituents is 1. The van der Waals surface area contributed by atoms with Crippen LogP contribution in [0.25, 0.3) is 0 Å². The molecule has 0 radical (unpaired) electrons. The van der Waals surface area contributed by atoms with E-state index in [4.69, 9.17) is 0 Å². The van der Waals surface area contributed by atoms with Crippen LogP contribution in [0, 0.1) is 16.0 Å². The third-order valence-electron chi connectivity index (χ3n) is 2.79. The van der Waals surface area contributed by atoms with Gasteiger partial charge in [-0.15, -0.1) is 0 Å². The SMILES string of the molecule is CC(C)C1C(=O)Nc2ccc([N+](=O)[O-])cc21. The number of amides is 1. The number of fused-ring (bicyclic) bond motifs is 1. The predicted octanol–water partition coefficient (Wildman–Crippen LogP) is 2.29. The molecule has 1 aliphatic heterocycles. The molecule has 0 bridgehead atoms. The van der Waals surface area contributed by atoms with Crippen LogP contribution in [0.4, 0.5) is 11.4 Å². The molecule has 0 aliphatic carbocycles. The van der Waals surface area contributed by atoms with Crippen LogP contribution in [-0.4, -0.2) is 10.8 Å². The van der Waals surface area contributed by atoms with Gasteiger partial charge in [0.05, 0.1) is 10.8 Å². The van der Waals surface area contributed by atoms with Gasteiger partial charge in [-0.3, -0.25) is 14.9 Å². The van der Waals surface area contributed by atoms with E-state index in [1.165, 1.54) is 12.1 Å². The highest BCUT2D eigenvalue weighted by Gasteiger charge is 2.33. The summed E-state index contributed by atoms with van der Waals surface area (Å²) < 4.78 is 0. The molecule has 1 aromatic rings. The first-order valence-corrected chi connectivity index (χ1v) is 5.10. The molecule has 2 rings (SSSR count). The number of anilines is 1. The van der Waals surface area contributed by atoms with Gasteiger partial charge in [0.25, 0.3) is 5.69 Å².